The molecule has 2 aliphatic heterocycles. The minimum atomic E-state index is -1.34. The number of aliphatic hydroxyl groups excluding tert-OH is 2. The van der Waals surface area contributed by atoms with Crippen LogP contribution in [0.25, 0.3) is 0 Å². The van der Waals surface area contributed by atoms with Crippen molar-refractivity contribution in [3.63, 3.8) is 0 Å². The fourth-order valence-corrected chi connectivity index (χ4v) is 2.35. The zero-order valence-electron chi connectivity index (χ0n) is 10.0. The van der Waals surface area contributed by atoms with E-state index in [1.54, 1.807) is 0 Å². The van der Waals surface area contributed by atoms with Crippen LogP contribution in [0.15, 0.2) is 30.3 Å². The van der Waals surface area contributed by atoms with E-state index in [9.17, 15) is 15.0 Å². The summed E-state index contributed by atoms with van der Waals surface area (Å²) in [5, 5.41) is 19.1. The number of fused-ring (bicyclic) bond motifs is 1. The number of carbonyl (C=O) groups excluding carboxylic acids is 1. The first-order valence-corrected chi connectivity index (χ1v) is 6.06. The Balaban J connectivity index is 1.85. The highest BCUT2D eigenvalue weighted by Gasteiger charge is 2.53. The molecule has 3 rings (SSSR count). The Hall–Kier alpha value is -1.47. The first kappa shape index (κ1) is 12.6. The van der Waals surface area contributed by atoms with Gasteiger partial charge in [0.1, 0.15) is 12.2 Å². The Bertz CT molecular complexity index is 461. The largest absolute Gasteiger partial charge is 0.455 e. The van der Waals surface area contributed by atoms with Gasteiger partial charge in [-0.05, 0) is 0 Å². The summed E-state index contributed by atoms with van der Waals surface area (Å²) in [5.41, 5.74) is 0.756. The molecular weight excluding hydrogens is 252 g/mol. The van der Waals surface area contributed by atoms with Gasteiger partial charge >= 0.3 is 5.97 Å². The van der Waals surface area contributed by atoms with E-state index in [2.05, 4.69) is 0 Å². The Morgan fingerprint density at radius 3 is 2.53 bits per heavy atom. The molecule has 102 valence electrons. The number of esters is 1. The van der Waals surface area contributed by atoms with E-state index in [1.807, 2.05) is 30.3 Å². The van der Waals surface area contributed by atoms with Crippen LogP contribution in [-0.4, -0.2) is 47.2 Å². The lowest BCUT2D eigenvalue weighted by Crippen LogP contribution is -2.49. The number of carbonyl (C=O) groups is 1. The fourth-order valence-electron chi connectivity index (χ4n) is 2.35. The number of aliphatic hydroxyl groups is 2. The van der Waals surface area contributed by atoms with E-state index in [1.165, 1.54) is 0 Å². The smallest absolute Gasteiger partial charge is 0.338 e. The normalized spacial score (nSPS) is 37.8. The van der Waals surface area contributed by atoms with Crippen molar-refractivity contribution in [3.8, 4) is 0 Å². The minimum absolute atomic E-state index is 0.312. The molecule has 1 aromatic rings. The molecule has 1 aromatic carbocycles. The van der Waals surface area contributed by atoms with Crippen molar-refractivity contribution in [2.75, 3.05) is 6.61 Å². The Labute approximate surface area is 109 Å². The van der Waals surface area contributed by atoms with Crippen LogP contribution in [-0.2, 0) is 19.0 Å². The van der Waals surface area contributed by atoms with Gasteiger partial charge in [-0.15, -0.1) is 0 Å². The maximum atomic E-state index is 11.4. The molecular formula is C13H14O6. The van der Waals surface area contributed by atoms with Crippen molar-refractivity contribution in [2.24, 2.45) is 0 Å². The first-order chi connectivity index (χ1) is 9.20. The van der Waals surface area contributed by atoms with E-state index in [-0.39, 0.29) is 6.61 Å². The van der Waals surface area contributed by atoms with Crippen molar-refractivity contribution in [3.05, 3.63) is 35.9 Å². The maximum Gasteiger partial charge on any atom is 0.338 e. The molecule has 19 heavy (non-hydrogen) atoms. The summed E-state index contributed by atoms with van der Waals surface area (Å²) in [4.78, 5) is 11.4. The van der Waals surface area contributed by atoms with Crippen molar-refractivity contribution in [2.45, 2.75) is 30.7 Å². The van der Waals surface area contributed by atoms with Gasteiger partial charge in [0.25, 0.3) is 0 Å². The zero-order chi connectivity index (χ0) is 13.4. The van der Waals surface area contributed by atoms with Crippen LogP contribution in [0.3, 0.4) is 0 Å². The topological polar surface area (TPSA) is 85.2 Å². The van der Waals surface area contributed by atoms with Gasteiger partial charge in [0.05, 0.1) is 6.61 Å². The van der Waals surface area contributed by atoms with Gasteiger partial charge in [0.2, 0.25) is 0 Å². The van der Waals surface area contributed by atoms with Crippen LogP contribution in [0.1, 0.15) is 11.9 Å². The number of rotatable bonds is 2. The van der Waals surface area contributed by atoms with Crippen LogP contribution in [0.2, 0.25) is 0 Å². The molecule has 2 saturated heterocycles. The molecule has 2 heterocycles. The molecule has 2 aliphatic rings. The molecule has 5 atom stereocenters. The van der Waals surface area contributed by atoms with Crippen LogP contribution in [0, 0.1) is 0 Å². The van der Waals surface area contributed by atoms with Crippen LogP contribution in [0.5, 0.6) is 0 Å². The number of benzene rings is 1. The molecule has 6 nitrogen and oxygen atoms in total. The highest BCUT2D eigenvalue weighted by atomic mass is 16.7. The highest BCUT2D eigenvalue weighted by Crippen LogP contribution is 2.36. The van der Waals surface area contributed by atoms with Gasteiger partial charge in [0, 0.05) is 5.56 Å². The maximum absolute atomic E-state index is 11.4. The molecule has 0 bridgehead atoms. The average molecular weight is 266 g/mol. The molecule has 2 N–H and O–H groups in total. The number of ether oxygens (including phenoxy) is 3. The second-order valence-corrected chi connectivity index (χ2v) is 4.55. The van der Waals surface area contributed by atoms with E-state index in [0.29, 0.717) is 0 Å². The van der Waals surface area contributed by atoms with E-state index in [4.69, 9.17) is 14.2 Å². The van der Waals surface area contributed by atoms with Crippen LogP contribution >= 0.6 is 0 Å². The fraction of sp³-hybridized carbons (Fsp3) is 0.462. The number of hydrogen-bond donors (Lipinski definition) is 2. The van der Waals surface area contributed by atoms with Crippen molar-refractivity contribution in [1.29, 1.82) is 0 Å². The molecule has 2 fully saturated rings. The third-order valence-electron chi connectivity index (χ3n) is 3.33. The monoisotopic (exact) mass is 266 g/mol. The third kappa shape index (κ3) is 2.12. The lowest BCUT2D eigenvalue weighted by Gasteiger charge is -2.37. The molecule has 0 spiro atoms. The Kier molecular flexibility index (Phi) is 3.24. The summed E-state index contributed by atoms with van der Waals surface area (Å²) in [6, 6.07) is 9.13. The molecule has 0 aliphatic carbocycles. The Morgan fingerprint density at radius 2 is 1.84 bits per heavy atom. The van der Waals surface area contributed by atoms with Gasteiger partial charge in [-0.2, -0.15) is 0 Å². The van der Waals surface area contributed by atoms with Gasteiger partial charge in [0.15, 0.2) is 18.5 Å². The molecule has 0 amide bonds. The van der Waals surface area contributed by atoms with Crippen molar-refractivity contribution in [1.82, 2.24) is 0 Å². The summed E-state index contributed by atoms with van der Waals surface area (Å²) in [7, 11) is 0. The third-order valence-corrected chi connectivity index (χ3v) is 3.33. The van der Waals surface area contributed by atoms with Crippen molar-refractivity contribution < 1.29 is 29.2 Å². The van der Waals surface area contributed by atoms with Crippen LogP contribution < -0.4 is 0 Å². The van der Waals surface area contributed by atoms with Gasteiger partial charge in [-0.25, -0.2) is 4.79 Å². The minimum Gasteiger partial charge on any atom is -0.455 e. The predicted molar refractivity (Wildman–Crippen MR) is 61.9 cm³/mol. The van der Waals surface area contributed by atoms with Crippen LogP contribution in [0.4, 0.5) is 0 Å². The summed E-state index contributed by atoms with van der Waals surface area (Å²) < 4.78 is 16.1. The SMILES string of the molecule is O=C1O[C@H]2[C@@H](O[C@H](c3ccccc3)O[C@@H]2CO)[C@H]1O. The predicted octanol–water partition coefficient (Wildman–Crippen LogP) is -0.252. The number of hydrogen-bond acceptors (Lipinski definition) is 6. The average Bonchev–Trinajstić information content (AvgIpc) is 2.75. The molecule has 6 heteroatoms. The molecule has 0 unspecified atom stereocenters. The standard InChI is InChI=1S/C13H14O6/c14-6-8-10-11(9(15)12(16)18-10)19-13(17-8)7-4-2-1-3-5-7/h1-5,8-11,13-15H,6H2/t8-,9-,10-,11+,13-/m1/s1. The lowest BCUT2D eigenvalue weighted by molar-refractivity contribution is -0.288. The van der Waals surface area contributed by atoms with E-state index < -0.39 is 36.7 Å². The summed E-state index contributed by atoms with van der Waals surface area (Å²) in [6.07, 6.45) is -4.36. The zero-order valence-corrected chi connectivity index (χ0v) is 10.0. The second kappa shape index (κ2) is 4.90. The Morgan fingerprint density at radius 1 is 1.11 bits per heavy atom. The summed E-state index contributed by atoms with van der Waals surface area (Å²) in [6.45, 7) is -0.312. The molecule has 0 aromatic heterocycles. The lowest BCUT2D eigenvalue weighted by atomic mass is 10.0. The summed E-state index contributed by atoms with van der Waals surface area (Å²) >= 11 is 0. The van der Waals surface area contributed by atoms with E-state index >= 15 is 0 Å². The van der Waals surface area contributed by atoms with Gasteiger partial charge in [-0.3, -0.25) is 0 Å². The summed E-state index contributed by atoms with van der Waals surface area (Å²) in [5.74, 6) is -0.745. The first-order valence-electron chi connectivity index (χ1n) is 6.06. The molecule has 0 radical (unpaired) electrons. The highest BCUT2D eigenvalue weighted by molar-refractivity contribution is 5.78. The van der Waals surface area contributed by atoms with E-state index in [0.717, 1.165) is 5.56 Å². The van der Waals surface area contributed by atoms with Gasteiger partial charge in [-0.1, -0.05) is 30.3 Å². The molecule has 0 saturated carbocycles. The second-order valence-electron chi connectivity index (χ2n) is 4.55. The van der Waals surface area contributed by atoms with Gasteiger partial charge < -0.3 is 24.4 Å². The quantitative estimate of drug-likeness (QED) is 0.718. The van der Waals surface area contributed by atoms with Crippen molar-refractivity contribution >= 4 is 5.97 Å².